The van der Waals surface area contributed by atoms with Crippen LogP contribution in [0.15, 0.2) is 48.7 Å². The number of thiazole rings is 1. The van der Waals surface area contributed by atoms with Crippen LogP contribution in [0.25, 0.3) is 11.1 Å². The Labute approximate surface area is 146 Å². The predicted octanol–water partition coefficient (Wildman–Crippen LogP) is 4.69. The largest absolute Gasteiger partial charge is 0.477 e. The molecular formula is C18H12F2N2O2S. The first-order valence-electron chi connectivity index (χ1n) is 6.96. The number of nitriles is 1. The second-order valence-corrected chi connectivity index (χ2v) is 6.00. The number of hydrogen-bond acceptors (Lipinski definition) is 4. The number of allylic oxidation sites excluding steroid dienone is 5. The molecule has 2 aromatic rings. The van der Waals surface area contributed by atoms with Gasteiger partial charge in [-0.1, -0.05) is 18.7 Å². The van der Waals surface area contributed by atoms with E-state index in [1.165, 1.54) is 31.3 Å². The van der Waals surface area contributed by atoms with Gasteiger partial charge in [0.2, 0.25) is 0 Å². The van der Waals surface area contributed by atoms with Crippen molar-refractivity contribution in [3.05, 3.63) is 75.8 Å². The van der Waals surface area contributed by atoms with E-state index in [9.17, 15) is 13.6 Å². The monoisotopic (exact) mass is 358 g/mol. The predicted molar refractivity (Wildman–Crippen MR) is 91.8 cm³/mol. The quantitative estimate of drug-likeness (QED) is 0.622. The van der Waals surface area contributed by atoms with Crippen molar-refractivity contribution in [1.29, 1.82) is 5.26 Å². The fraction of sp³-hybridized carbons (Fsp3) is 0.0556. The zero-order valence-corrected chi connectivity index (χ0v) is 13.9. The van der Waals surface area contributed by atoms with E-state index in [1.54, 1.807) is 0 Å². The number of halogens is 2. The van der Waals surface area contributed by atoms with Gasteiger partial charge >= 0.3 is 5.97 Å². The Kier molecular flexibility index (Phi) is 5.57. The van der Waals surface area contributed by atoms with Crippen LogP contribution in [-0.4, -0.2) is 16.1 Å². The number of carboxylic acid groups (broad SMARTS) is 1. The lowest BCUT2D eigenvalue weighted by atomic mass is 9.99. The molecule has 0 aliphatic heterocycles. The zero-order chi connectivity index (χ0) is 18.6. The van der Waals surface area contributed by atoms with Crippen LogP contribution in [0.3, 0.4) is 0 Å². The van der Waals surface area contributed by atoms with Crippen LogP contribution in [0.4, 0.5) is 8.78 Å². The summed E-state index contributed by atoms with van der Waals surface area (Å²) in [7, 11) is 0. The molecular weight excluding hydrogens is 346 g/mol. The van der Waals surface area contributed by atoms with E-state index < -0.39 is 17.6 Å². The molecule has 0 spiro atoms. The van der Waals surface area contributed by atoms with Crippen molar-refractivity contribution in [3.63, 3.8) is 0 Å². The van der Waals surface area contributed by atoms with Gasteiger partial charge in [-0.15, -0.1) is 11.3 Å². The molecule has 0 aliphatic rings. The van der Waals surface area contributed by atoms with Crippen molar-refractivity contribution in [2.24, 2.45) is 0 Å². The highest BCUT2D eigenvalue weighted by atomic mass is 32.1. The minimum atomic E-state index is -1.09. The fourth-order valence-electron chi connectivity index (χ4n) is 1.96. The van der Waals surface area contributed by atoms with Gasteiger partial charge in [0.15, 0.2) is 0 Å². The fourth-order valence-corrected chi connectivity index (χ4v) is 2.67. The van der Waals surface area contributed by atoms with Crippen LogP contribution in [0.5, 0.6) is 0 Å². The highest BCUT2D eigenvalue weighted by molar-refractivity contribution is 7.14. The first-order chi connectivity index (χ1) is 11.8. The van der Waals surface area contributed by atoms with E-state index in [-0.39, 0.29) is 21.6 Å². The molecule has 126 valence electrons. The lowest BCUT2D eigenvalue weighted by molar-refractivity contribution is 0.0702. The SMILES string of the molecule is C=C(/C=C\C(=C(/C)C#N)c1ccc(F)cc1F)c1ncc(C(=O)O)s1. The average molecular weight is 358 g/mol. The highest BCUT2D eigenvalue weighted by Crippen LogP contribution is 2.26. The summed E-state index contributed by atoms with van der Waals surface area (Å²) in [5.74, 6) is -2.59. The molecule has 1 aromatic heterocycles. The van der Waals surface area contributed by atoms with Crippen LogP contribution in [0.1, 0.15) is 27.2 Å². The van der Waals surface area contributed by atoms with Crippen LogP contribution in [-0.2, 0) is 0 Å². The van der Waals surface area contributed by atoms with Crippen LogP contribution in [0, 0.1) is 23.0 Å². The summed E-state index contributed by atoms with van der Waals surface area (Å²) in [6, 6.07) is 5.03. The molecule has 0 unspecified atom stereocenters. The molecule has 0 bridgehead atoms. The number of aromatic nitrogens is 1. The maximum Gasteiger partial charge on any atom is 0.347 e. The molecule has 1 heterocycles. The number of hydrogen-bond donors (Lipinski definition) is 1. The molecule has 0 fully saturated rings. The molecule has 0 atom stereocenters. The van der Waals surface area contributed by atoms with Gasteiger partial charge in [-0.2, -0.15) is 5.26 Å². The van der Waals surface area contributed by atoms with Gasteiger partial charge in [-0.3, -0.25) is 0 Å². The Hall–Kier alpha value is -3.11. The minimum absolute atomic E-state index is 0.0677. The zero-order valence-electron chi connectivity index (χ0n) is 13.1. The Bertz CT molecular complexity index is 952. The molecule has 7 heteroatoms. The average Bonchev–Trinajstić information content (AvgIpc) is 3.06. The summed E-state index contributed by atoms with van der Waals surface area (Å²) in [4.78, 5) is 14.9. The van der Waals surface area contributed by atoms with Gasteiger partial charge < -0.3 is 5.11 Å². The van der Waals surface area contributed by atoms with Crippen LogP contribution >= 0.6 is 11.3 Å². The van der Waals surface area contributed by atoms with Gasteiger partial charge in [-0.05, 0) is 24.6 Å². The molecule has 4 nitrogen and oxygen atoms in total. The molecule has 25 heavy (non-hydrogen) atoms. The smallest absolute Gasteiger partial charge is 0.347 e. The van der Waals surface area contributed by atoms with E-state index in [1.807, 2.05) is 6.07 Å². The molecule has 1 N–H and O–H groups in total. The summed E-state index contributed by atoms with van der Waals surface area (Å²) in [6.45, 7) is 5.30. The third-order valence-corrected chi connectivity index (χ3v) is 4.30. The second-order valence-electron chi connectivity index (χ2n) is 4.97. The Morgan fingerprint density at radius 1 is 1.40 bits per heavy atom. The van der Waals surface area contributed by atoms with E-state index >= 15 is 0 Å². The van der Waals surface area contributed by atoms with Crippen molar-refractivity contribution in [1.82, 2.24) is 4.98 Å². The second kappa shape index (κ2) is 7.64. The first-order valence-corrected chi connectivity index (χ1v) is 7.78. The van der Waals surface area contributed by atoms with Crippen molar-refractivity contribution >= 4 is 28.5 Å². The highest BCUT2D eigenvalue weighted by Gasteiger charge is 2.12. The number of nitrogens with zero attached hydrogens (tertiary/aromatic N) is 2. The molecule has 0 saturated carbocycles. The summed E-state index contributed by atoms with van der Waals surface area (Å²) in [5, 5.41) is 18.4. The molecule has 0 amide bonds. The normalized spacial score (nSPS) is 11.9. The van der Waals surface area contributed by atoms with E-state index in [4.69, 9.17) is 10.4 Å². The minimum Gasteiger partial charge on any atom is -0.477 e. The van der Waals surface area contributed by atoms with Gasteiger partial charge in [0, 0.05) is 22.8 Å². The molecule has 0 saturated heterocycles. The summed E-state index contributed by atoms with van der Waals surface area (Å²) < 4.78 is 27.1. The summed E-state index contributed by atoms with van der Waals surface area (Å²) >= 11 is 0.950. The Morgan fingerprint density at radius 2 is 2.12 bits per heavy atom. The maximum atomic E-state index is 14.0. The molecule has 2 rings (SSSR count). The first kappa shape index (κ1) is 18.2. The van der Waals surface area contributed by atoms with Crippen molar-refractivity contribution in [3.8, 4) is 6.07 Å². The van der Waals surface area contributed by atoms with E-state index in [0.29, 0.717) is 10.6 Å². The topological polar surface area (TPSA) is 74.0 Å². The van der Waals surface area contributed by atoms with Crippen molar-refractivity contribution in [2.45, 2.75) is 6.92 Å². The molecule has 1 aromatic carbocycles. The number of carboxylic acids is 1. The lowest BCUT2D eigenvalue weighted by Gasteiger charge is -2.06. The maximum absolute atomic E-state index is 14.0. The number of aromatic carboxylic acids is 1. The van der Waals surface area contributed by atoms with Gasteiger partial charge in [0.25, 0.3) is 0 Å². The summed E-state index contributed by atoms with van der Waals surface area (Å²) in [5.41, 5.74) is 0.995. The van der Waals surface area contributed by atoms with Crippen LogP contribution in [0.2, 0.25) is 0 Å². The Balaban J connectivity index is 2.37. The van der Waals surface area contributed by atoms with Gasteiger partial charge in [0.05, 0.1) is 12.3 Å². The number of carbonyl (C=O) groups is 1. The van der Waals surface area contributed by atoms with Crippen LogP contribution < -0.4 is 0 Å². The molecule has 0 aliphatic carbocycles. The van der Waals surface area contributed by atoms with E-state index in [2.05, 4.69) is 11.6 Å². The standard InChI is InChI=1S/C18H12F2N2O2S/c1-10(17-22-9-16(25-17)18(23)24)3-5-13(11(2)8-21)14-6-4-12(19)7-15(14)20/h3-7,9H,1H2,2H3,(H,23,24)/b5-3-,13-11-. The number of benzene rings is 1. The lowest BCUT2D eigenvalue weighted by Crippen LogP contribution is -1.92. The van der Waals surface area contributed by atoms with Gasteiger partial charge in [0.1, 0.15) is 21.5 Å². The third-order valence-electron chi connectivity index (χ3n) is 3.24. The molecule has 0 radical (unpaired) electrons. The summed E-state index contributed by atoms with van der Waals surface area (Å²) in [6.07, 6.45) is 4.20. The third kappa shape index (κ3) is 4.25. The van der Waals surface area contributed by atoms with Crippen molar-refractivity contribution in [2.75, 3.05) is 0 Å². The number of rotatable bonds is 5. The Morgan fingerprint density at radius 3 is 2.68 bits per heavy atom. The van der Waals surface area contributed by atoms with Gasteiger partial charge in [-0.25, -0.2) is 18.6 Å². The van der Waals surface area contributed by atoms with E-state index in [0.717, 1.165) is 23.5 Å². The van der Waals surface area contributed by atoms with Crippen molar-refractivity contribution < 1.29 is 18.7 Å².